The van der Waals surface area contributed by atoms with Crippen molar-refractivity contribution in [1.82, 2.24) is 15.3 Å². The second kappa shape index (κ2) is 9.87. The molecule has 1 aliphatic heterocycles. The van der Waals surface area contributed by atoms with Gasteiger partial charge in [-0.15, -0.1) is 0 Å². The smallest absolute Gasteiger partial charge is 0.263 e. The Balaban J connectivity index is 1.65. The highest BCUT2D eigenvalue weighted by Gasteiger charge is 2.28. The summed E-state index contributed by atoms with van der Waals surface area (Å²) in [5.41, 5.74) is 0. The fourth-order valence-corrected chi connectivity index (χ4v) is 3.16. The normalized spacial score (nSPS) is 16.8. The summed E-state index contributed by atoms with van der Waals surface area (Å²) in [4.78, 5) is 23.4. The van der Waals surface area contributed by atoms with Crippen molar-refractivity contribution >= 4 is 11.7 Å². The monoisotopic (exact) mass is 370 g/mol. The number of nitrogens with zero attached hydrogens (tertiary/aromatic N) is 3. The molecule has 0 radical (unpaired) electrons. The minimum atomic E-state index is -0.0622. The molecule has 0 aliphatic carbocycles. The third-order valence-corrected chi connectivity index (χ3v) is 4.52. The first kappa shape index (κ1) is 19.1. The van der Waals surface area contributed by atoms with Gasteiger partial charge in [-0.25, -0.2) is 9.97 Å². The van der Waals surface area contributed by atoms with Gasteiger partial charge >= 0.3 is 0 Å². The number of piperidine rings is 1. The van der Waals surface area contributed by atoms with Crippen LogP contribution in [0.1, 0.15) is 19.3 Å². The summed E-state index contributed by atoms with van der Waals surface area (Å²) in [6.07, 6.45) is 5.89. The van der Waals surface area contributed by atoms with E-state index in [-0.39, 0.29) is 11.8 Å². The zero-order chi connectivity index (χ0) is 18.9. The number of para-hydroxylation sites is 1. The number of nitrogens with one attached hydrogen (secondary N) is 1. The summed E-state index contributed by atoms with van der Waals surface area (Å²) in [6, 6.07) is 9.52. The molecule has 1 N–H and O–H groups in total. The molecule has 0 bridgehead atoms. The van der Waals surface area contributed by atoms with Crippen molar-refractivity contribution in [2.45, 2.75) is 19.3 Å². The van der Waals surface area contributed by atoms with Gasteiger partial charge in [0, 0.05) is 45.7 Å². The lowest BCUT2D eigenvalue weighted by molar-refractivity contribution is -0.125. The molecule has 1 amide bonds. The van der Waals surface area contributed by atoms with Gasteiger partial charge in [0.15, 0.2) is 5.82 Å². The maximum atomic E-state index is 12.5. The molecular formula is C20H26N4O3. The topological polar surface area (TPSA) is 76.6 Å². The van der Waals surface area contributed by atoms with Gasteiger partial charge in [-0.3, -0.25) is 4.79 Å². The summed E-state index contributed by atoms with van der Waals surface area (Å²) in [7, 11) is 1.66. The number of methoxy groups -OCH3 is 1. The molecule has 1 fully saturated rings. The molecule has 1 aromatic heterocycles. The van der Waals surface area contributed by atoms with Gasteiger partial charge in [0.2, 0.25) is 5.91 Å². The van der Waals surface area contributed by atoms with Crippen LogP contribution in [0.3, 0.4) is 0 Å². The van der Waals surface area contributed by atoms with Gasteiger partial charge < -0.3 is 19.7 Å². The highest BCUT2D eigenvalue weighted by Crippen LogP contribution is 2.30. The van der Waals surface area contributed by atoms with Crippen LogP contribution < -0.4 is 15.0 Å². The van der Waals surface area contributed by atoms with Crippen molar-refractivity contribution in [2.75, 3.05) is 38.3 Å². The summed E-state index contributed by atoms with van der Waals surface area (Å²) in [5, 5.41) is 3.00. The number of anilines is 1. The Hall–Kier alpha value is -2.67. The number of carbonyl (C=O) groups excluding carboxylic acids is 1. The molecule has 1 atom stereocenters. The van der Waals surface area contributed by atoms with Gasteiger partial charge in [-0.1, -0.05) is 18.2 Å². The summed E-state index contributed by atoms with van der Waals surface area (Å²) < 4.78 is 10.9. The Bertz CT molecular complexity index is 726. The van der Waals surface area contributed by atoms with E-state index < -0.39 is 0 Å². The highest BCUT2D eigenvalue weighted by molar-refractivity contribution is 5.79. The first-order valence-corrected chi connectivity index (χ1v) is 9.33. The third-order valence-electron chi connectivity index (χ3n) is 4.52. The van der Waals surface area contributed by atoms with E-state index in [0.717, 1.165) is 25.8 Å². The number of hydrogen-bond donors (Lipinski definition) is 1. The molecule has 1 saturated heterocycles. The summed E-state index contributed by atoms with van der Waals surface area (Å²) in [6.45, 7) is 2.73. The molecular weight excluding hydrogens is 344 g/mol. The van der Waals surface area contributed by atoms with E-state index in [9.17, 15) is 4.79 Å². The molecule has 2 aromatic rings. The van der Waals surface area contributed by atoms with Crippen LogP contribution in [0.5, 0.6) is 11.6 Å². The molecule has 144 valence electrons. The molecule has 2 heterocycles. The van der Waals surface area contributed by atoms with Crippen molar-refractivity contribution in [3.63, 3.8) is 0 Å². The third kappa shape index (κ3) is 5.40. The average molecular weight is 370 g/mol. The average Bonchev–Trinajstić information content (AvgIpc) is 2.72. The molecule has 7 nitrogen and oxygen atoms in total. The van der Waals surface area contributed by atoms with E-state index in [1.54, 1.807) is 19.5 Å². The molecule has 1 unspecified atom stereocenters. The molecule has 1 aliphatic rings. The lowest BCUT2D eigenvalue weighted by Crippen LogP contribution is -2.43. The van der Waals surface area contributed by atoms with Crippen molar-refractivity contribution in [3.05, 3.63) is 42.7 Å². The first-order chi connectivity index (χ1) is 13.3. The van der Waals surface area contributed by atoms with Gasteiger partial charge in [0.25, 0.3) is 5.88 Å². The maximum Gasteiger partial charge on any atom is 0.263 e. The number of amides is 1. The first-order valence-electron chi connectivity index (χ1n) is 9.33. The molecule has 0 saturated carbocycles. The number of aromatic nitrogens is 2. The standard InChI is InChI=1S/C20H26N4O3/c1-26-14-6-10-22-19(25)16-7-5-13-24(15-16)18-20(23-12-11-21-18)27-17-8-3-2-4-9-17/h2-4,8-9,11-12,16H,5-7,10,13-15H2,1H3,(H,22,25). The quantitative estimate of drug-likeness (QED) is 0.720. The Morgan fingerprint density at radius 2 is 2.07 bits per heavy atom. The van der Waals surface area contributed by atoms with Gasteiger partial charge in [-0.2, -0.15) is 0 Å². The molecule has 27 heavy (non-hydrogen) atoms. The Morgan fingerprint density at radius 3 is 2.89 bits per heavy atom. The van der Waals surface area contributed by atoms with Crippen molar-refractivity contribution in [2.24, 2.45) is 5.92 Å². The van der Waals surface area contributed by atoms with Crippen LogP contribution in [0.15, 0.2) is 42.7 Å². The SMILES string of the molecule is COCCCNC(=O)C1CCCN(c2nccnc2Oc2ccccc2)C1. The summed E-state index contributed by atoms with van der Waals surface area (Å²) in [5.74, 6) is 1.88. The van der Waals surface area contributed by atoms with Crippen LogP contribution in [-0.4, -0.2) is 49.2 Å². The van der Waals surface area contributed by atoms with E-state index in [1.807, 2.05) is 30.3 Å². The van der Waals surface area contributed by atoms with E-state index in [0.29, 0.717) is 37.1 Å². The zero-order valence-electron chi connectivity index (χ0n) is 15.6. The van der Waals surface area contributed by atoms with Crippen LogP contribution in [-0.2, 0) is 9.53 Å². The Morgan fingerprint density at radius 1 is 1.26 bits per heavy atom. The second-order valence-corrected chi connectivity index (χ2v) is 6.52. The Labute approximate surface area is 159 Å². The summed E-state index contributed by atoms with van der Waals surface area (Å²) >= 11 is 0. The fraction of sp³-hybridized carbons (Fsp3) is 0.450. The maximum absolute atomic E-state index is 12.5. The minimum Gasteiger partial charge on any atom is -0.436 e. The van der Waals surface area contributed by atoms with Crippen LogP contribution in [0.2, 0.25) is 0 Å². The van der Waals surface area contributed by atoms with Crippen molar-refractivity contribution in [3.8, 4) is 11.6 Å². The van der Waals surface area contributed by atoms with Crippen LogP contribution in [0.25, 0.3) is 0 Å². The number of carbonyl (C=O) groups is 1. The number of benzene rings is 1. The molecule has 1 aromatic carbocycles. The van der Waals surface area contributed by atoms with E-state index in [2.05, 4.69) is 20.2 Å². The zero-order valence-corrected chi connectivity index (χ0v) is 15.6. The lowest BCUT2D eigenvalue weighted by atomic mass is 9.97. The minimum absolute atomic E-state index is 0.0622. The van der Waals surface area contributed by atoms with Crippen molar-refractivity contribution in [1.29, 1.82) is 0 Å². The number of rotatable bonds is 8. The van der Waals surface area contributed by atoms with Crippen LogP contribution in [0, 0.1) is 5.92 Å². The molecule has 3 rings (SSSR count). The van der Waals surface area contributed by atoms with Crippen LogP contribution in [0.4, 0.5) is 5.82 Å². The van der Waals surface area contributed by atoms with Crippen LogP contribution >= 0.6 is 0 Å². The van der Waals surface area contributed by atoms with E-state index in [4.69, 9.17) is 9.47 Å². The Kier molecular flexibility index (Phi) is 6.98. The van der Waals surface area contributed by atoms with E-state index in [1.165, 1.54) is 0 Å². The highest BCUT2D eigenvalue weighted by atomic mass is 16.5. The van der Waals surface area contributed by atoms with Gasteiger partial charge in [0.1, 0.15) is 5.75 Å². The van der Waals surface area contributed by atoms with Gasteiger partial charge in [-0.05, 0) is 31.4 Å². The number of ether oxygens (including phenoxy) is 2. The predicted molar refractivity (Wildman–Crippen MR) is 103 cm³/mol. The van der Waals surface area contributed by atoms with E-state index >= 15 is 0 Å². The largest absolute Gasteiger partial charge is 0.436 e. The number of hydrogen-bond acceptors (Lipinski definition) is 6. The predicted octanol–water partition coefficient (Wildman–Crippen LogP) is 2.64. The van der Waals surface area contributed by atoms with Gasteiger partial charge in [0.05, 0.1) is 5.92 Å². The molecule has 0 spiro atoms. The van der Waals surface area contributed by atoms with Crippen molar-refractivity contribution < 1.29 is 14.3 Å². The second-order valence-electron chi connectivity index (χ2n) is 6.52. The lowest BCUT2D eigenvalue weighted by Gasteiger charge is -2.33. The fourth-order valence-electron chi connectivity index (χ4n) is 3.16. The molecule has 7 heteroatoms.